The number of alkyl halides is 26. The lowest BCUT2D eigenvalue weighted by Crippen LogP contribution is -2.48. The summed E-state index contributed by atoms with van der Waals surface area (Å²) in [6, 6.07) is 3.25. The summed E-state index contributed by atoms with van der Waals surface area (Å²) in [5.41, 5.74) is -10.0. The van der Waals surface area contributed by atoms with Crippen molar-refractivity contribution in [1.29, 1.82) is 0 Å². The maximum Gasteiger partial charge on any atom is 0.416 e. The number of hydrogen-bond acceptors (Lipinski definition) is 12. The number of hydrogen-bond donors (Lipinski definition) is 8. The molecule has 7 amide bonds. The third kappa shape index (κ3) is 42.4. The second kappa shape index (κ2) is 47.4. The Balaban J connectivity index is 0.000000419. The second-order valence-electron chi connectivity index (χ2n) is 32.9. The molecule has 0 bridgehead atoms. The fourth-order valence-electron chi connectivity index (χ4n) is 11.9. The number of nitrogens with one attached hydrogen (secondary N) is 7. The third-order valence-corrected chi connectivity index (χ3v) is 19.5. The molecule has 4 aliphatic heterocycles. The monoisotopic (exact) mass is 1900 g/mol. The van der Waals surface area contributed by atoms with Crippen LogP contribution in [0.25, 0.3) is 0 Å². The molecule has 0 saturated carbocycles. The van der Waals surface area contributed by atoms with Crippen molar-refractivity contribution >= 4 is 81.4 Å². The molecule has 8 rings (SSSR count). The molecule has 4 heterocycles. The molecule has 0 aromatic heterocycles. The average molecular weight is 1910 g/mol. The predicted molar refractivity (Wildman–Crippen MR) is 420 cm³/mol. The molecule has 0 atom stereocenters. The molecule has 19 nitrogen and oxygen atoms in total. The van der Waals surface area contributed by atoms with E-state index in [1.54, 1.807) is 14.7 Å². The van der Waals surface area contributed by atoms with Crippen LogP contribution in [0.3, 0.4) is 0 Å². The van der Waals surface area contributed by atoms with Gasteiger partial charge in [0, 0.05) is 104 Å². The first-order chi connectivity index (χ1) is 57.4. The number of carbonyl (C=O) groups is 8. The maximum atomic E-state index is 13.0. The first-order valence-electron chi connectivity index (χ1n) is 38.8. The van der Waals surface area contributed by atoms with Crippen LogP contribution in [0, 0.1) is 23.7 Å². The summed E-state index contributed by atoms with van der Waals surface area (Å²) < 4.78 is 309. The fourth-order valence-corrected chi connectivity index (χ4v) is 12.1. The molecular formula is C80H100Cl3F24N11O8. The highest BCUT2D eigenvalue weighted by molar-refractivity contribution is 6.67. The molecule has 4 aromatic rings. The normalized spacial score (nSPS) is 15.8. The summed E-state index contributed by atoms with van der Waals surface area (Å²) >= 11 is 15.0. The number of rotatable bonds is 18. The molecule has 712 valence electrons. The second-order valence-corrected chi connectivity index (χ2v) is 33.8. The Labute approximate surface area is 726 Å². The topological polar surface area (TPSA) is 257 Å². The van der Waals surface area contributed by atoms with Gasteiger partial charge in [-0.1, -0.05) is 0 Å². The van der Waals surface area contributed by atoms with Crippen molar-refractivity contribution in [2.45, 2.75) is 180 Å². The minimum absolute atomic E-state index is 0. The lowest BCUT2D eigenvalue weighted by atomic mass is 9.96. The third-order valence-electron chi connectivity index (χ3n) is 18.7. The standard InChI is InChI=1S/2C21H27F6N3O2.C17H17ClF6N2O2.C15H16F6N2O.C4H11N.C2H2Cl2O/c2*1-19(2,3)29-12-17(31)30-6-4-13(5-7-30)11-28-18(32)14-8-15(20(22,23)24)10-16(9-14)21(25,26)27;18-8-14(27)26-3-1-10(2-4-26)9-25-15(28)11-5-12(16(19,20)21)7-13(6-11)17(22,23)24;16-14(17,18)11-5-10(6-12(7-11)15(19,20)21)13(24)23-8-9-1-3-22-4-2-9;1-4(2,3)5;3-1-2(4)5/h2*8-10,13,29H,4-7,11-12H2,1-3H3,(H,28,32);5-7,10H,1-4,8-9H2,(H,25,28);5-7,9,22H,1-4,8H2,(H,23,24);5H2,1-3H3;1H2. The van der Waals surface area contributed by atoms with Crippen LogP contribution in [0.1, 0.15) is 200 Å². The number of nitrogens with zero attached hydrogens (tertiary/aromatic N) is 3. The van der Waals surface area contributed by atoms with Crippen LogP contribution in [0.2, 0.25) is 0 Å². The molecular weight excluding hydrogens is 1810 g/mol. The van der Waals surface area contributed by atoms with Gasteiger partial charge >= 0.3 is 49.4 Å². The number of piperidine rings is 4. The fraction of sp³-hybridized carbons (Fsp3) is 0.600. The largest absolute Gasteiger partial charge is 0.416 e. The molecule has 126 heavy (non-hydrogen) atoms. The molecule has 4 aromatic carbocycles. The molecule has 0 unspecified atom stereocenters. The zero-order valence-corrected chi connectivity index (χ0v) is 71.9. The van der Waals surface area contributed by atoms with Gasteiger partial charge in [-0.15, -0.1) is 23.2 Å². The molecule has 4 fully saturated rings. The van der Waals surface area contributed by atoms with E-state index in [0.29, 0.717) is 126 Å². The van der Waals surface area contributed by atoms with E-state index in [-0.39, 0.29) is 133 Å². The van der Waals surface area contributed by atoms with Crippen LogP contribution >= 0.6 is 34.8 Å². The summed E-state index contributed by atoms with van der Waals surface area (Å²) in [6.45, 7) is 22.7. The van der Waals surface area contributed by atoms with Gasteiger partial charge in [-0.2, -0.15) is 105 Å². The Bertz CT molecular complexity index is 3950. The van der Waals surface area contributed by atoms with Crippen LogP contribution in [0.5, 0.6) is 0 Å². The summed E-state index contributed by atoms with van der Waals surface area (Å²) in [5, 5.41) is 18.5. The smallest absolute Gasteiger partial charge is 0.352 e. The van der Waals surface area contributed by atoms with Gasteiger partial charge in [0.05, 0.1) is 63.5 Å². The van der Waals surface area contributed by atoms with E-state index in [9.17, 15) is 144 Å². The van der Waals surface area contributed by atoms with Crippen LogP contribution in [-0.4, -0.2) is 181 Å². The van der Waals surface area contributed by atoms with Gasteiger partial charge in [0.25, 0.3) is 23.6 Å². The zero-order valence-electron chi connectivity index (χ0n) is 69.6. The minimum Gasteiger partial charge on any atom is -0.352 e. The van der Waals surface area contributed by atoms with Gasteiger partial charge in [-0.05, 0) is 235 Å². The molecule has 0 aliphatic carbocycles. The van der Waals surface area contributed by atoms with E-state index in [1.165, 1.54) is 0 Å². The Morgan fingerprint density at radius 3 is 0.659 bits per heavy atom. The average Bonchev–Trinajstić information content (AvgIpc) is 0.812. The van der Waals surface area contributed by atoms with E-state index in [2.05, 4.69) is 37.2 Å². The van der Waals surface area contributed by atoms with Crippen LogP contribution in [-0.2, 0) is 68.6 Å². The van der Waals surface area contributed by atoms with Crippen molar-refractivity contribution < 1.29 is 144 Å². The maximum absolute atomic E-state index is 13.0. The van der Waals surface area contributed by atoms with Crippen molar-refractivity contribution in [1.82, 2.24) is 51.9 Å². The van der Waals surface area contributed by atoms with Gasteiger partial charge in [0.2, 0.25) is 23.0 Å². The van der Waals surface area contributed by atoms with Crippen molar-refractivity contribution in [2.24, 2.45) is 29.4 Å². The summed E-state index contributed by atoms with van der Waals surface area (Å²) in [6.07, 6.45) is -35.1. The predicted octanol–water partition coefficient (Wildman–Crippen LogP) is 17.3. The summed E-state index contributed by atoms with van der Waals surface area (Å²) in [7, 11) is 0. The minimum atomic E-state index is -5.02. The number of amides is 7. The first-order valence-corrected chi connectivity index (χ1v) is 40.3. The lowest BCUT2D eigenvalue weighted by molar-refractivity contribution is -0.144. The van der Waals surface area contributed by atoms with Crippen LogP contribution in [0.4, 0.5) is 105 Å². The summed E-state index contributed by atoms with van der Waals surface area (Å²) in [4.78, 5) is 99.0. The number of carbonyl (C=O) groups excluding carboxylic acids is 8. The van der Waals surface area contributed by atoms with Crippen molar-refractivity contribution in [2.75, 3.05) is 103 Å². The van der Waals surface area contributed by atoms with Crippen molar-refractivity contribution in [3.8, 4) is 0 Å². The van der Waals surface area contributed by atoms with Crippen LogP contribution in [0.15, 0.2) is 72.8 Å². The number of likely N-dealkylation sites (tertiary alicyclic amines) is 3. The van der Waals surface area contributed by atoms with Crippen molar-refractivity contribution in [3.05, 3.63) is 140 Å². The molecule has 46 heteroatoms. The quantitative estimate of drug-likeness (QED) is 0.0263. The van der Waals surface area contributed by atoms with E-state index in [0.717, 1.165) is 25.9 Å². The highest BCUT2D eigenvalue weighted by Crippen LogP contribution is 2.41. The highest BCUT2D eigenvalue weighted by Gasteiger charge is 2.43. The van der Waals surface area contributed by atoms with Crippen molar-refractivity contribution in [3.63, 3.8) is 0 Å². The molecule has 4 saturated heterocycles. The SMILES string of the molecule is CC(C)(C)N.CC(C)(C)NCC(=O)N1CCC(CNC(=O)c2cc(C(F)(F)F)cc(C(F)(F)F)c2)CC1.CC(C)(C)NCC(=O)N1CCC(CNC(=O)c2cc(C(F)(F)F)cc(C(F)(F)F)c2)CC1.O=C(Cl)CCl.O=C(NCC1CCN(C(=O)CCl)CC1)c1cc(C(F)(F)F)cc(C(F)(F)F)c1.O=C(NCC1CCNCC1)c1cc(C(F)(F)F)cc(C(F)(F)F)c1. The van der Waals surface area contributed by atoms with Gasteiger partial charge in [0.15, 0.2) is 0 Å². The van der Waals surface area contributed by atoms with E-state index < -0.39 is 145 Å². The Hall–Kier alpha value is -8.13. The number of benzene rings is 4. The number of nitrogens with two attached hydrogens (primary N) is 1. The Morgan fingerprint density at radius 2 is 0.500 bits per heavy atom. The van der Waals surface area contributed by atoms with Crippen LogP contribution < -0.4 is 43.0 Å². The molecule has 9 N–H and O–H groups in total. The van der Waals surface area contributed by atoms with E-state index in [1.807, 2.05) is 62.3 Å². The molecule has 4 aliphatic rings. The van der Waals surface area contributed by atoms with E-state index in [4.69, 9.17) is 40.5 Å². The number of halogens is 27. The summed E-state index contributed by atoms with van der Waals surface area (Å²) in [5.74, 6) is -4.48. The van der Waals surface area contributed by atoms with Gasteiger partial charge in [0.1, 0.15) is 5.88 Å². The Kier molecular flexibility index (Phi) is 42.2. The van der Waals surface area contributed by atoms with Gasteiger partial charge in [-0.3, -0.25) is 38.4 Å². The zero-order chi connectivity index (χ0) is 96.5. The van der Waals surface area contributed by atoms with Gasteiger partial charge in [-0.25, -0.2) is 0 Å². The highest BCUT2D eigenvalue weighted by atomic mass is 35.5. The lowest BCUT2D eigenvalue weighted by Gasteiger charge is -2.33. The van der Waals surface area contributed by atoms with Gasteiger partial charge < -0.3 is 57.7 Å². The van der Waals surface area contributed by atoms with E-state index >= 15 is 0 Å². The Morgan fingerprint density at radius 1 is 0.325 bits per heavy atom. The first kappa shape index (κ1) is 112. The molecule has 0 radical (unpaired) electrons. The molecule has 0 spiro atoms.